The summed E-state index contributed by atoms with van der Waals surface area (Å²) in [5.41, 5.74) is 0. The van der Waals surface area contributed by atoms with E-state index in [1.165, 1.54) is 25.7 Å². The average Bonchev–Trinajstić information content (AvgIpc) is 2.87. The van der Waals surface area contributed by atoms with Crippen molar-refractivity contribution in [3.05, 3.63) is 12.7 Å². The number of hydrogen-bond donors (Lipinski definition) is 0. The minimum atomic E-state index is 0.535. The van der Waals surface area contributed by atoms with Crippen LogP contribution in [0, 0.1) is 0 Å². The number of hydrogen-bond acceptors (Lipinski definition) is 9. The highest BCUT2D eigenvalue weighted by molar-refractivity contribution is 4.63. The van der Waals surface area contributed by atoms with Crippen LogP contribution in [0.5, 0.6) is 0 Å². The molecule has 0 aliphatic rings. The zero-order valence-corrected chi connectivity index (χ0v) is 22.2. The van der Waals surface area contributed by atoms with E-state index >= 15 is 0 Å². The normalized spacial score (nSPS) is 11.3. The van der Waals surface area contributed by atoms with Gasteiger partial charge in [-0.1, -0.05) is 38.7 Å². The second-order valence-electron chi connectivity index (χ2n) is 7.68. The van der Waals surface area contributed by atoms with E-state index in [9.17, 15) is 0 Å². The van der Waals surface area contributed by atoms with Gasteiger partial charge in [-0.3, -0.25) is 0 Å². The van der Waals surface area contributed by atoms with Crippen LogP contribution in [0.3, 0.4) is 0 Å². The molecule has 0 radical (unpaired) electrons. The average molecular weight is 509 g/mol. The molecule has 35 heavy (non-hydrogen) atoms. The van der Waals surface area contributed by atoms with Crippen LogP contribution < -0.4 is 0 Å². The molecule has 0 fully saturated rings. The molecule has 0 atom stereocenters. The van der Waals surface area contributed by atoms with E-state index in [0.717, 1.165) is 13.0 Å². The summed E-state index contributed by atoms with van der Waals surface area (Å²) in [7, 11) is 0. The fraction of sp³-hybridized carbons (Fsp3) is 0.923. The molecule has 0 aliphatic heterocycles. The fourth-order valence-electron chi connectivity index (χ4n) is 2.73. The lowest BCUT2D eigenvalue weighted by Crippen LogP contribution is -2.15. The lowest BCUT2D eigenvalue weighted by Gasteiger charge is -2.08. The molecule has 0 heterocycles. The SMILES string of the molecule is C=CCOCCOCCOCCOCCOCCOCCOCCOCCOCCCCCCC. The third-order valence-electron chi connectivity index (χ3n) is 4.60. The Bertz CT molecular complexity index is 386. The third kappa shape index (κ3) is 33.4. The Morgan fingerprint density at radius 2 is 0.657 bits per heavy atom. The van der Waals surface area contributed by atoms with E-state index < -0.39 is 0 Å². The van der Waals surface area contributed by atoms with Gasteiger partial charge in [-0.2, -0.15) is 0 Å². The second kappa shape index (κ2) is 33.4. The smallest absolute Gasteiger partial charge is 0.0704 e. The topological polar surface area (TPSA) is 83.1 Å². The van der Waals surface area contributed by atoms with Crippen molar-refractivity contribution in [3.8, 4) is 0 Å². The summed E-state index contributed by atoms with van der Waals surface area (Å²) in [5.74, 6) is 0. The van der Waals surface area contributed by atoms with E-state index in [2.05, 4.69) is 13.5 Å². The standard InChI is InChI=1S/C26H52O9/c1-3-5-6-7-8-10-28-12-14-30-16-18-32-20-22-34-24-26-35-25-23-33-21-19-31-17-15-29-13-11-27-9-4-2/h4H,2-3,5-26H2,1H3. The van der Waals surface area contributed by atoms with Gasteiger partial charge < -0.3 is 42.6 Å². The highest BCUT2D eigenvalue weighted by Crippen LogP contribution is 2.02. The quantitative estimate of drug-likeness (QED) is 0.100. The largest absolute Gasteiger partial charge is 0.379 e. The molecule has 210 valence electrons. The van der Waals surface area contributed by atoms with Crippen molar-refractivity contribution in [3.63, 3.8) is 0 Å². The van der Waals surface area contributed by atoms with Crippen molar-refractivity contribution in [2.24, 2.45) is 0 Å². The lowest BCUT2D eigenvalue weighted by atomic mass is 10.2. The van der Waals surface area contributed by atoms with E-state index in [1.807, 2.05) is 0 Å². The van der Waals surface area contributed by atoms with E-state index in [4.69, 9.17) is 42.6 Å². The fourth-order valence-corrected chi connectivity index (χ4v) is 2.73. The molecule has 0 rings (SSSR count). The van der Waals surface area contributed by atoms with Crippen LogP contribution in [0.2, 0.25) is 0 Å². The monoisotopic (exact) mass is 508 g/mol. The lowest BCUT2D eigenvalue weighted by molar-refractivity contribution is -0.0246. The summed E-state index contributed by atoms with van der Waals surface area (Å²) in [6.07, 6.45) is 8.02. The molecule has 0 saturated carbocycles. The van der Waals surface area contributed by atoms with Crippen molar-refractivity contribution in [2.75, 3.05) is 119 Å². The van der Waals surface area contributed by atoms with Gasteiger partial charge in [-0.15, -0.1) is 6.58 Å². The Kier molecular flexibility index (Phi) is 32.8. The number of ether oxygens (including phenoxy) is 9. The molecule has 0 aliphatic carbocycles. The molecule has 0 spiro atoms. The summed E-state index contributed by atoms with van der Waals surface area (Å²) in [6, 6.07) is 0. The predicted octanol–water partition coefficient (Wildman–Crippen LogP) is 3.29. The summed E-state index contributed by atoms with van der Waals surface area (Å²) < 4.78 is 48.8. The maximum atomic E-state index is 5.55. The Hall–Kier alpha value is -0.620. The molecular weight excluding hydrogens is 456 g/mol. The van der Waals surface area contributed by atoms with Gasteiger partial charge >= 0.3 is 0 Å². The first-order chi connectivity index (χ1) is 17.4. The van der Waals surface area contributed by atoms with Gasteiger partial charge in [0.15, 0.2) is 0 Å². The van der Waals surface area contributed by atoms with Gasteiger partial charge in [0.1, 0.15) is 0 Å². The number of unbranched alkanes of at least 4 members (excludes halogenated alkanes) is 4. The van der Waals surface area contributed by atoms with E-state index in [1.54, 1.807) is 6.08 Å². The van der Waals surface area contributed by atoms with Gasteiger partial charge in [-0.05, 0) is 6.42 Å². The summed E-state index contributed by atoms with van der Waals surface area (Å²) in [6.45, 7) is 16.1. The molecule has 0 aromatic rings. The Morgan fingerprint density at radius 1 is 0.371 bits per heavy atom. The Labute approximate surface area is 213 Å². The zero-order valence-electron chi connectivity index (χ0n) is 22.2. The molecule has 0 saturated heterocycles. The first kappa shape index (κ1) is 34.4. The summed E-state index contributed by atoms with van der Waals surface area (Å²) in [4.78, 5) is 0. The van der Waals surface area contributed by atoms with Crippen molar-refractivity contribution < 1.29 is 42.6 Å². The molecule has 0 amide bonds. The summed E-state index contributed by atoms with van der Waals surface area (Å²) in [5, 5.41) is 0. The molecule has 9 nitrogen and oxygen atoms in total. The minimum absolute atomic E-state index is 0.535. The van der Waals surface area contributed by atoms with Crippen molar-refractivity contribution in [2.45, 2.75) is 39.0 Å². The highest BCUT2D eigenvalue weighted by Gasteiger charge is 1.95. The van der Waals surface area contributed by atoms with Gasteiger partial charge in [0.25, 0.3) is 0 Å². The van der Waals surface area contributed by atoms with Gasteiger partial charge in [0.05, 0.1) is 112 Å². The Balaban J connectivity index is 3.00. The maximum absolute atomic E-state index is 5.55. The number of rotatable bonds is 32. The van der Waals surface area contributed by atoms with Crippen molar-refractivity contribution in [1.82, 2.24) is 0 Å². The summed E-state index contributed by atoms with van der Waals surface area (Å²) >= 11 is 0. The van der Waals surface area contributed by atoms with Crippen LogP contribution in [0.25, 0.3) is 0 Å². The van der Waals surface area contributed by atoms with Crippen LogP contribution in [0.1, 0.15) is 39.0 Å². The van der Waals surface area contributed by atoms with Crippen molar-refractivity contribution >= 4 is 0 Å². The Morgan fingerprint density at radius 3 is 0.971 bits per heavy atom. The van der Waals surface area contributed by atoms with E-state index in [-0.39, 0.29) is 0 Å². The second-order valence-corrected chi connectivity index (χ2v) is 7.68. The minimum Gasteiger partial charge on any atom is -0.379 e. The van der Waals surface area contributed by atoms with Gasteiger partial charge in [-0.25, -0.2) is 0 Å². The van der Waals surface area contributed by atoms with Crippen LogP contribution in [0.4, 0.5) is 0 Å². The molecule has 0 unspecified atom stereocenters. The molecule has 0 bridgehead atoms. The van der Waals surface area contributed by atoms with Crippen molar-refractivity contribution in [1.29, 1.82) is 0 Å². The first-order valence-corrected chi connectivity index (χ1v) is 13.2. The first-order valence-electron chi connectivity index (χ1n) is 13.2. The maximum Gasteiger partial charge on any atom is 0.0704 e. The van der Waals surface area contributed by atoms with Crippen LogP contribution >= 0.6 is 0 Å². The predicted molar refractivity (Wildman–Crippen MR) is 136 cm³/mol. The molecule has 0 aromatic heterocycles. The highest BCUT2D eigenvalue weighted by atomic mass is 16.6. The van der Waals surface area contributed by atoms with Crippen LogP contribution in [-0.2, 0) is 42.6 Å². The van der Waals surface area contributed by atoms with E-state index in [0.29, 0.717) is 112 Å². The third-order valence-corrected chi connectivity index (χ3v) is 4.60. The van der Waals surface area contributed by atoms with Gasteiger partial charge in [0, 0.05) is 6.61 Å². The zero-order chi connectivity index (χ0) is 25.3. The molecule has 0 N–H and O–H groups in total. The van der Waals surface area contributed by atoms with Crippen LogP contribution in [-0.4, -0.2) is 119 Å². The molecule has 9 heteroatoms. The van der Waals surface area contributed by atoms with Gasteiger partial charge in [0.2, 0.25) is 0 Å². The van der Waals surface area contributed by atoms with Crippen LogP contribution in [0.15, 0.2) is 12.7 Å². The molecule has 0 aromatic carbocycles. The molecular formula is C26H52O9.